The fourth-order valence-corrected chi connectivity index (χ4v) is 8.25. The minimum Gasteiger partial charge on any atom is -0.380 e. The fourth-order valence-electron chi connectivity index (χ4n) is 8.25. The molecule has 172 valence electrons. The van der Waals surface area contributed by atoms with Crippen LogP contribution in [-0.4, -0.2) is 37.7 Å². The Balaban J connectivity index is 1.30. The number of ketones is 1. The predicted molar refractivity (Wildman–Crippen MR) is 107 cm³/mol. The number of fused-ring (bicyclic) bond motifs is 5. The van der Waals surface area contributed by atoms with Crippen LogP contribution in [0.25, 0.3) is 0 Å². The Kier molecular flexibility index (Phi) is 5.03. The van der Waals surface area contributed by atoms with Gasteiger partial charge < -0.3 is 5.11 Å². The Bertz CT molecular complexity index is 829. The second-order valence-electron chi connectivity index (χ2n) is 10.9. The zero-order chi connectivity index (χ0) is 22.0. The molecule has 8 heteroatoms. The van der Waals surface area contributed by atoms with Crippen LogP contribution in [0.4, 0.5) is 13.2 Å². The van der Waals surface area contributed by atoms with E-state index < -0.39 is 11.8 Å². The van der Waals surface area contributed by atoms with E-state index >= 15 is 0 Å². The summed E-state index contributed by atoms with van der Waals surface area (Å²) in [6.07, 6.45) is 4.55. The number of aromatic nitrogens is 3. The average Bonchev–Trinajstić information content (AvgIpc) is 3.33. The van der Waals surface area contributed by atoms with Gasteiger partial charge in [-0.2, -0.15) is 13.2 Å². The standard InChI is InChI=1S/C23H32F3N3O2/c1-21-8-6-16-15-7-9-22(31,23(24,25)26)12-14(15)2-3-17(16)18(21)4-5-19(21)20(30)13-29-11-10-27-28-29/h10-11,14-19,31H,2-9,12-13H2,1H3/t14-,15+,16-,17-,18+,19-,21+,22-/m1/s1. The SMILES string of the molecule is C[C@]12CC[C@H]3[C@@H](CC[C@@H]4C[C@@](O)(C(F)(F)F)CC[C@@H]43)[C@@H]1CC[C@@H]2C(=O)Cn1ccnn1. The first kappa shape index (κ1) is 21.4. The van der Waals surface area contributed by atoms with Crippen molar-refractivity contribution in [2.24, 2.45) is 40.9 Å². The van der Waals surface area contributed by atoms with Gasteiger partial charge >= 0.3 is 6.18 Å². The van der Waals surface area contributed by atoms with Crippen molar-refractivity contribution in [2.45, 2.75) is 83.0 Å². The highest BCUT2D eigenvalue weighted by Crippen LogP contribution is 2.65. The molecule has 1 N–H and O–H groups in total. The number of hydrogen-bond acceptors (Lipinski definition) is 4. The fraction of sp³-hybridized carbons (Fsp3) is 0.870. The van der Waals surface area contributed by atoms with Crippen LogP contribution in [0.3, 0.4) is 0 Å². The van der Waals surface area contributed by atoms with Gasteiger partial charge in [-0.05, 0) is 92.8 Å². The molecule has 0 unspecified atom stereocenters. The number of carbonyl (C=O) groups excluding carboxylic acids is 1. The minimum absolute atomic E-state index is 0.0208. The molecule has 0 bridgehead atoms. The van der Waals surface area contributed by atoms with Crippen LogP contribution < -0.4 is 0 Å². The third kappa shape index (κ3) is 3.35. The summed E-state index contributed by atoms with van der Waals surface area (Å²) in [7, 11) is 0. The second kappa shape index (κ2) is 7.29. The zero-order valence-corrected chi connectivity index (χ0v) is 18.0. The second-order valence-corrected chi connectivity index (χ2v) is 10.9. The lowest BCUT2D eigenvalue weighted by molar-refractivity contribution is -0.282. The molecule has 4 aliphatic rings. The Hall–Kier alpha value is -1.44. The Morgan fingerprint density at radius 3 is 2.58 bits per heavy atom. The average molecular weight is 440 g/mol. The largest absolute Gasteiger partial charge is 0.417 e. The highest BCUT2D eigenvalue weighted by atomic mass is 19.4. The van der Waals surface area contributed by atoms with E-state index in [1.165, 1.54) is 0 Å². The maximum absolute atomic E-state index is 13.4. The third-order valence-electron chi connectivity index (χ3n) is 9.72. The van der Waals surface area contributed by atoms with Crippen molar-refractivity contribution in [3.8, 4) is 0 Å². The quantitative estimate of drug-likeness (QED) is 0.758. The number of alkyl halides is 3. The molecule has 0 saturated heterocycles. The maximum Gasteiger partial charge on any atom is 0.417 e. The van der Waals surface area contributed by atoms with Gasteiger partial charge in [0.1, 0.15) is 6.54 Å². The maximum atomic E-state index is 13.4. The Labute approximate surface area is 180 Å². The highest BCUT2D eigenvalue weighted by molar-refractivity contribution is 5.82. The van der Waals surface area contributed by atoms with Gasteiger partial charge in [-0.25, -0.2) is 4.68 Å². The van der Waals surface area contributed by atoms with Gasteiger partial charge in [-0.3, -0.25) is 4.79 Å². The molecule has 5 nitrogen and oxygen atoms in total. The summed E-state index contributed by atoms with van der Waals surface area (Å²) in [5.74, 6) is 1.94. The predicted octanol–water partition coefficient (Wildman–Crippen LogP) is 4.41. The molecule has 0 radical (unpaired) electrons. The molecule has 0 spiro atoms. The summed E-state index contributed by atoms with van der Waals surface area (Å²) in [6.45, 7) is 2.54. The molecule has 1 heterocycles. The number of Topliss-reactive ketones (excluding diaryl/α,β-unsaturated/α-hetero) is 1. The van der Waals surface area contributed by atoms with E-state index in [1.807, 2.05) is 0 Å². The van der Waals surface area contributed by atoms with Crippen molar-refractivity contribution in [1.29, 1.82) is 0 Å². The molecule has 5 rings (SSSR count). The van der Waals surface area contributed by atoms with Crippen molar-refractivity contribution in [3.05, 3.63) is 12.4 Å². The van der Waals surface area contributed by atoms with E-state index in [1.54, 1.807) is 17.1 Å². The molecule has 8 atom stereocenters. The van der Waals surface area contributed by atoms with Gasteiger partial charge in [0.05, 0.1) is 6.20 Å². The molecule has 0 aliphatic heterocycles. The summed E-state index contributed by atoms with van der Waals surface area (Å²) in [4.78, 5) is 13.1. The van der Waals surface area contributed by atoms with Gasteiger partial charge in [0.2, 0.25) is 0 Å². The van der Waals surface area contributed by atoms with Crippen LogP contribution in [0.1, 0.15) is 64.7 Å². The van der Waals surface area contributed by atoms with E-state index in [0.29, 0.717) is 24.2 Å². The van der Waals surface area contributed by atoms with E-state index in [2.05, 4.69) is 17.2 Å². The van der Waals surface area contributed by atoms with Crippen LogP contribution in [0.2, 0.25) is 0 Å². The molecule has 1 aromatic rings. The van der Waals surface area contributed by atoms with E-state index in [9.17, 15) is 23.1 Å². The molecule has 4 fully saturated rings. The summed E-state index contributed by atoms with van der Waals surface area (Å²) < 4.78 is 41.8. The summed E-state index contributed by atoms with van der Waals surface area (Å²) in [5, 5.41) is 18.0. The van der Waals surface area contributed by atoms with Crippen LogP contribution in [-0.2, 0) is 11.3 Å². The zero-order valence-electron chi connectivity index (χ0n) is 18.0. The molecule has 0 amide bonds. The lowest BCUT2D eigenvalue weighted by Crippen LogP contribution is -2.55. The molecule has 4 saturated carbocycles. The van der Waals surface area contributed by atoms with Crippen LogP contribution in [0.5, 0.6) is 0 Å². The lowest BCUT2D eigenvalue weighted by atomic mass is 9.49. The van der Waals surface area contributed by atoms with Gasteiger partial charge in [0.15, 0.2) is 11.4 Å². The monoisotopic (exact) mass is 439 g/mol. The van der Waals surface area contributed by atoms with Crippen molar-refractivity contribution >= 4 is 5.78 Å². The van der Waals surface area contributed by atoms with Gasteiger partial charge in [-0.15, -0.1) is 5.10 Å². The summed E-state index contributed by atoms with van der Waals surface area (Å²) >= 11 is 0. The van der Waals surface area contributed by atoms with E-state index in [4.69, 9.17) is 0 Å². The van der Waals surface area contributed by atoms with E-state index in [-0.39, 0.29) is 48.3 Å². The highest BCUT2D eigenvalue weighted by Gasteiger charge is 2.62. The van der Waals surface area contributed by atoms with Crippen LogP contribution >= 0.6 is 0 Å². The number of aliphatic hydroxyl groups is 1. The first-order chi connectivity index (χ1) is 14.6. The van der Waals surface area contributed by atoms with Gasteiger partial charge in [-0.1, -0.05) is 12.1 Å². The van der Waals surface area contributed by atoms with Crippen molar-refractivity contribution in [1.82, 2.24) is 15.0 Å². The van der Waals surface area contributed by atoms with Crippen molar-refractivity contribution in [2.75, 3.05) is 0 Å². The molecular formula is C23H32F3N3O2. The molecule has 31 heavy (non-hydrogen) atoms. The normalized spacial score (nSPS) is 44.9. The number of nitrogens with zero attached hydrogens (tertiary/aromatic N) is 3. The Morgan fingerprint density at radius 2 is 1.87 bits per heavy atom. The summed E-state index contributed by atoms with van der Waals surface area (Å²) in [5.41, 5.74) is -2.52. The number of hydrogen-bond donors (Lipinski definition) is 1. The topological polar surface area (TPSA) is 68.0 Å². The molecular weight excluding hydrogens is 407 g/mol. The third-order valence-corrected chi connectivity index (χ3v) is 9.72. The van der Waals surface area contributed by atoms with E-state index in [0.717, 1.165) is 38.5 Å². The van der Waals surface area contributed by atoms with Crippen LogP contribution in [0, 0.1) is 40.9 Å². The lowest BCUT2D eigenvalue weighted by Gasteiger charge is -2.57. The van der Waals surface area contributed by atoms with Crippen LogP contribution in [0.15, 0.2) is 12.4 Å². The number of rotatable bonds is 3. The summed E-state index contributed by atoms with van der Waals surface area (Å²) in [6, 6.07) is 0. The van der Waals surface area contributed by atoms with Gasteiger partial charge in [0, 0.05) is 12.1 Å². The molecule has 0 aromatic carbocycles. The minimum atomic E-state index is -4.54. The van der Waals surface area contributed by atoms with Crippen molar-refractivity contribution in [3.63, 3.8) is 0 Å². The Morgan fingerprint density at radius 1 is 1.10 bits per heavy atom. The number of carbonyl (C=O) groups is 1. The number of halogens is 3. The molecule has 4 aliphatic carbocycles. The van der Waals surface area contributed by atoms with Crippen molar-refractivity contribution < 1.29 is 23.1 Å². The van der Waals surface area contributed by atoms with Gasteiger partial charge in [0.25, 0.3) is 0 Å². The first-order valence-corrected chi connectivity index (χ1v) is 11.8. The molecule has 1 aromatic heterocycles. The smallest absolute Gasteiger partial charge is 0.380 e. The first-order valence-electron chi connectivity index (χ1n) is 11.8.